The van der Waals surface area contributed by atoms with Gasteiger partial charge in [-0.3, -0.25) is 9.69 Å². The number of carbonyl (C=O) groups is 1. The Kier molecular flexibility index (Phi) is 11.5. The molecule has 2 N–H and O–H groups in total. The summed E-state index contributed by atoms with van der Waals surface area (Å²) in [5.41, 5.74) is 2.48. The van der Waals surface area contributed by atoms with E-state index in [0.717, 1.165) is 95.5 Å². The molecule has 2 bridgehead atoms. The molecule has 2 fully saturated rings. The molecule has 0 spiro atoms. The highest BCUT2D eigenvalue weighted by Crippen LogP contribution is 2.46. The van der Waals surface area contributed by atoms with Crippen molar-refractivity contribution in [2.45, 2.75) is 89.1 Å². The first kappa shape index (κ1) is 36.4. The van der Waals surface area contributed by atoms with E-state index in [1.54, 1.807) is 25.1 Å². The van der Waals surface area contributed by atoms with Crippen molar-refractivity contribution < 1.29 is 23.1 Å². The number of carbonyl (C=O) groups excluding carboxylic acids is 1. The average Bonchev–Trinajstić information content (AvgIpc) is 3.26. The van der Waals surface area contributed by atoms with Gasteiger partial charge in [0.1, 0.15) is 12.4 Å². The average molecular weight is 715 g/mol. The highest BCUT2D eigenvalue weighted by atomic mass is 35.5. The Balaban J connectivity index is 1.36. The lowest BCUT2D eigenvalue weighted by atomic mass is 9.62. The van der Waals surface area contributed by atoms with Gasteiger partial charge in [0.25, 0.3) is 5.91 Å². The molecule has 1 aliphatic carbocycles. The molecule has 5 atom stereocenters. The molecule has 0 aromatic heterocycles. The predicted octanol–water partition coefficient (Wildman–Crippen LogP) is 5.72. The monoisotopic (exact) mass is 714 g/mol. The number of nitrogens with zero attached hydrogens (tertiary/aromatic N) is 3. The molecule has 11 heteroatoms. The van der Waals surface area contributed by atoms with Crippen LogP contribution >= 0.6 is 11.6 Å². The van der Waals surface area contributed by atoms with Crippen LogP contribution in [-0.2, 0) is 23.1 Å². The highest BCUT2D eigenvalue weighted by Gasteiger charge is 2.48. The zero-order valence-electron chi connectivity index (χ0n) is 29.5. The van der Waals surface area contributed by atoms with Crippen LogP contribution in [0.5, 0.6) is 5.75 Å². The predicted molar refractivity (Wildman–Crippen MR) is 196 cm³/mol. The molecular formula is C38H55ClN4O5S. The number of fused-ring (bicyclic) bond motifs is 3. The van der Waals surface area contributed by atoms with Crippen molar-refractivity contribution in [3.63, 3.8) is 0 Å². The summed E-state index contributed by atoms with van der Waals surface area (Å²) in [5, 5.41) is 12.6. The molecular weight excluding hydrogens is 660 g/mol. The molecule has 9 nitrogen and oxygen atoms in total. The lowest BCUT2D eigenvalue weighted by Gasteiger charge is -2.51. The van der Waals surface area contributed by atoms with Gasteiger partial charge in [-0.1, -0.05) is 31.0 Å². The minimum Gasteiger partial charge on any atom is -0.487 e. The summed E-state index contributed by atoms with van der Waals surface area (Å²) in [5.74, 6) is 0.280. The van der Waals surface area contributed by atoms with Gasteiger partial charge in [-0.05, 0) is 138 Å². The number of aliphatic hydroxyl groups is 1. The number of benzene rings is 2. The van der Waals surface area contributed by atoms with Crippen LogP contribution in [0.4, 0.5) is 5.69 Å². The highest BCUT2D eigenvalue weighted by molar-refractivity contribution is 7.90. The quantitative estimate of drug-likeness (QED) is 0.407. The molecule has 0 radical (unpaired) electrons. The normalized spacial score (nSPS) is 30.7. The number of nitrogens with one attached hydrogen (secondary N) is 1. The zero-order chi connectivity index (χ0) is 34.8. The van der Waals surface area contributed by atoms with Gasteiger partial charge in [0.15, 0.2) is 0 Å². The molecule has 0 unspecified atom stereocenters. The number of aryl methyl sites for hydroxylation is 1. The summed E-state index contributed by atoms with van der Waals surface area (Å²) in [6, 6.07) is 11.2. The number of anilines is 1. The number of halogens is 1. The van der Waals surface area contributed by atoms with Crippen molar-refractivity contribution in [3.8, 4) is 5.75 Å². The Bertz CT molecular complexity index is 1590. The third-order valence-electron chi connectivity index (χ3n) is 11.9. The van der Waals surface area contributed by atoms with Crippen LogP contribution in [0, 0.1) is 17.8 Å². The maximum absolute atomic E-state index is 13.5. The fraction of sp³-hybridized carbons (Fsp3) is 0.658. The van der Waals surface area contributed by atoms with Crippen LogP contribution in [0.2, 0.25) is 5.02 Å². The van der Waals surface area contributed by atoms with Crippen LogP contribution in [0.15, 0.2) is 36.4 Å². The largest absolute Gasteiger partial charge is 0.487 e. The number of ether oxygens (including phenoxy) is 1. The Morgan fingerprint density at radius 3 is 2.59 bits per heavy atom. The third kappa shape index (κ3) is 8.58. The van der Waals surface area contributed by atoms with E-state index in [1.807, 2.05) is 25.1 Å². The van der Waals surface area contributed by atoms with Crippen LogP contribution in [0.25, 0.3) is 0 Å². The minimum atomic E-state index is -3.94. The second-order valence-corrected chi connectivity index (χ2v) is 17.8. The van der Waals surface area contributed by atoms with Gasteiger partial charge < -0.3 is 19.6 Å². The Morgan fingerprint density at radius 2 is 1.80 bits per heavy atom. The van der Waals surface area contributed by atoms with Crippen molar-refractivity contribution in [1.82, 2.24) is 14.5 Å². The van der Waals surface area contributed by atoms with Crippen LogP contribution in [0.1, 0.15) is 86.7 Å². The molecule has 1 saturated carbocycles. The maximum atomic E-state index is 13.5. The van der Waals surface area contributed by atoms with E-state index in [1.165, 1.54) is 5.56 Å². The molecule has 270 valence electrons. The summed E-state index contributed by atoms with van der Waals surface area (Å²) < 4.78 is 35.9. The van der Waals surface area contributed by atoms with E-state index < -0.39 is 26.8 Å². The van der Waals surface area contributed by atoms with Gasteiger partial charge in [0, 0.05) is 43.3 Å². The topological polar surface area (TPSA) is 102 Å². The molecule has 6 rings (SSSR count). The molecule has 1 saturated heterocycles. The minimum absolute atomic E-state index is 0.137. The summed E-state index contributed by atoms with van der Waals surface area (Å²) in [7, 11) is -1.77. The Labute approximate surface area is 298 Å². The molecule has 2 aromatic rings. The lowest BCUT2D eigenvalue weighted by Crippen LogP contribution is -2.56. The standard InChI is InChI=1S/C38H55ClN4O5S/c1-27-8-6-16-38(45,26-42-18-7-17-41(3)20-21-42)34-14-11-31(34)24-43-19-5-4-9-29-22-33(39)13-10-32(29)25-48-36-15-12-30(23-35(36)43)37(44)40-49(46,47)28(27)2/h10,12-13,15,22-23,27-28,31,34,45H,4-9,11,14,16-21,24-26H2,1-3H3,(H,40,44)/t27-,28+,31-,34+,38-/m0/s1. The molecule has 2 aromatic carbocycles. The Morgan fingerprint density at radius 1 is 0.959 bits per heavy atom. The summed E-state index contributed by atoms with van der Waals surface area (Å²) in [6.45, 7) is 10.1. The first-order valence-corrected chi connectivity index (χ1v) is 20.3. The van der Waals surface area contributed by atoms with Crippen LogP contribution in [-0.4, -0.2) is 92.9 Å². The van der Waals surface area contributed by atoms with E-state index in [-0.39, 0.29) is 23.3 Å². The zero-order valence-corrected chi connectivity index (χ0v) is 31.1. The summed E-state index contributed by atoms with van der Waals surface area (Å²) in [4.78, 5) is 20.7. The second kappa shape index (κ2) is 15.5. The van der Waals surface area contributed by atoms with Gasteiger partial charge in [-0.15, -0.1) is 0 Å². The van der Waals surface area contributed by atoms with Crippen molar-refractivity contribution in [2.75, 3.05) is 57.8 Å². The molecule has 3 aliphatic heterocycles. The van der Waals surface area contributed by atoms with E-state index in [0.29, 0.717) is 36.8 Å². The van der Waals surface area contributed by atoms with Crippen molar-refractivity contribution in [3.05, 3.63) is 58.1 Å². The van der Waals surface area contributed by atoms with E-state index in [2.05, 4.69) is 26.5 Å². The van der Waals surface area contributed by atoms with Gasteiger partial charge in [-0.25, -0.2) is 13.1 Å². The summed E-state index contributed by atoms with van der Waals surface area (Å²) >= 11 is 6.38. The lowest BCUT2D eigenvalue weighted by molar-refractivity contribution is -0.105. The van der Waals surface area contributed by atoms with Crippen molar-refractivity contribution in [1.29, 1.82) is 0 Å². The number of hydrogen-bond acceptors (Lipinski definition) is 8. The third-order valence-corrected chi connectivity index (χ3v) is 14.1. The smallest absolute Gasteiger partial charge is 0.264 e. The first-order valence-electron chi connectivity index (χ1n) is 18.4. The van der Waals surface area contributed by atoms with Gasteiger partial charge >= 0.3 is 0 Å². The number of amides is 1. The van der Waals surface area contributed by atoms with E-state index >= 15 is 0 Å². The number of sulfonamides is 1. The van der Waals surface area contributed by atoms with E-state index in [9.17, 15) is 18.3 Å². The SMILES string of the molecule is C[C@@H]1[C@@H](C)CCC[C@](O)(CN2CCCN(C)CC2)[C@@H]2CC[C@H]2CN2CCCCc3cc(Cl)ccc3COc3ccc(cc32)C(=O)NS1(=O)=O. The van der Waals surface area contributed by atoms with Crippen LogP contribution < -0.4 is 14.4 Å². The molecule has 4 aliphatic rings. The second-order valence-electron chi connectivity index (χ2n) is 15.3. The first-order chi connectivity index (χ1) is 23.4. The molecule has 1 amide bonds. The number of hydrogen-bond donors (Lipinski definition) is 2. The number of β-amino-alcohol motifs (C(OH)–C–C–N with tert-alkyl or cyclic N) is 1. The van der Waals surface area contributed by atoms with Crippen molar-refractivity contribution >= 4 is 33.2 Å². The van der Waals surface area contributed by atoms with Gasteiger partial charge in [0.05, 0.1) is 16.5 Å². The fourth-order valence-electron chi connectivity index (χ4n) is 8.44. The molecule has 3 heterocycles. The molecule has 49 heavy (non-hydrogen) atoms. The summed E-state index contributed by atoms with van der Waals surface area (Å²) in [6.07, 6.45) is 7.91. The van der Waals surface area contributed by atoms with Gasteiger partial charge in [-0.2, -0.15) is 0 Å². The number of rotatable bonds is 2. The fourth-order valence-corrected chi connectivity index (χ4v) is 9.94. The van der Waals surface area contributed by atoms with E-state index in [4.69, 9.17) is 16.3 Å². The number of likely N-dealkylation sites (N-methyl/N-ethyl adjacent to an activating group) is 1. The maximum Gasteiger partial charge on any atom is 0.264 e. The van der Waals surface area contributed by atoms with Gasteiger partial charge in [0.2, 0.25) is 10.0 Å². The van der Waals surface area contributed by atoms with Crippen LogP contribution in [0.3, 0.4) is 0 Å². The van der Waals surface area contributed by atoms with Crippen molar-refractivity contribution in [2.24, 2.45) is 17.8 Å². The Hall–Kier alpha value is -2.37.